The number of carbonyl (C=O) groups is 2. The normalized spacial score (nSPS) is 15.0. The standard InChI is InChI=1S/C29H27FN4O5S3/c1-5-38-20-12-11-17(13-21(20)39-6-2)23-22(24(35)26-15(3)31-16(4)41-26)25(36)27(37)34(23)28-32-33-29(42-28)40-14-18-9-7-8-10-19(18)30/h7-13,23,36H,5-6,14H2,1-4H3. The molecule has 2 aromatic heterocycles. The minimum Gasteiger partial charge on any atom is -0.503 e. The van der Waals surface area contributed by atoms with E-state index in [2.05, 4.69) is 15.2 Å². The molecule has 1 amide bonds. The molecule has 9 nitrogen and oxygen atoms in total. The second kappa shape index (κ2) is 12.6. The molecule has 2 aromatic carbocycles. The smallest absolute Gasteiger partial charge is 0.296 e. The number of hydrogen-bond donors (Lipinski definition) is 1. The molecule has 0 fully saturated rings. The Kier molecular flexibility index (Phi) is 8.90. The molecule has 0 saturated heterocycles. The van der Waals surface area contributed by atoms with Crippen molar-refractivity contribution in [2.24, 2.45) is 0 Å². The minimum atomic E-state index is -1.03. The van der Waals surface area contributed by atoms with E-state index >= 15 is 0 Å². The van der Waals surface area contributed by atoms with Crippen LogP contribution in [0.4, 0.5) is 9.52 Å². The van der Waals surface area contributed by atoms with Crippen LogP contribution in [0.15, 0.2) is 58.1 Å². The van der Waals surface area contributed by atoms with Gasteiger partial charge in [0.05, 0.1) is 40.4 Å². The van der Waals surface area contributed by atoms with Crippen LogP contribution in [0.5, 0.6) is 11.5 Å². The van der Waals surface area contributed by atoms with Gasteiger partial charge in [-0.15, -0.1) is 21.5 Å². The molecule has 0 radical (unpaired) electrons. The Morgan fingerprint density at radius 3 is 2.50 bits per heavy atom. The van der Waals surface area contributed by atoms with Crippen LogP contribution >= 0.6 is 34.4 Å². The SMILES string of the molecule is CCOc1ccc(C2C(C(=O)c3sc(C)nc3C)=C(O)C(=O)N2c2nnc(SCc3ccccc3F)s2)cc1OCC. The number of amides is 1. The van der Waals surface area contributed by atoms with Gasteiger partial charge in [0.1, 0.15) is 5.82 Å². The number of anilines is 1. The number of aliphatic hydroxyl groups is 1. The highest BCUT2D eigenvalue weighted by molar-refractivity contribution is 8.00. The number of nitrogens with zero attached hydrogens (tertiary/aromatic N) is 4. The van der Waals surface area contributed by atoms with E-state index < -0.39 is 23.5 Å². The quantitative estimate of drug-likeness (QED) is 0.111. The van der Waals surface area contributed by atoms with Crippen LogP contribution < -0.4 is 14.4 Å². The summed E-state index contributed by atoms with van der Waals surface area (Å²) in [6, 6.07) is 10.6. The van der Waals surface area contributed by atoms with Crippen LogP contribution in [0.25, 0.3) is 0 Å². The van der Waals surface area contributed by atoms with E-state index in [1.54, 1.807) is 50.2 Å². The van der Waals surface area contributed by atoms with Crippen molar-refractivity contribution < 1.29 is 28.6 Å². The van der Waals surface area contributed by atoms with E-state index in [4.69, 9.17) is 9.47 Å². The van der Waals surface area contributed by atoms with Crippen molar-refractivity contribution in [3.63, 3.8) is 0 Å². The Labute approximate surface area is 254 Å². The van der Waals surface area contributed by atoms with Crippen LogP contribution in [0.1, 0.15) is 51.4 Å². The van der Waals surface area contributed by atoms with Crippen molar-refractivity contribution in [1.82, 2.24) is 15.2 Å². The molecular formula is C29H27FN4O5S3. The van der Waals surface area contributed by atoms with Crippen LogP contribution in [-0.4, -0.2) is 45.2 Å². The van der Waals surface area contributed by atoms with Crippen molar-refractivity contribution in [2.45, 2.75) is 43.8 Å². The minimum absolute atomic E-state index is 0.0888. The number of thiazole rings is 1. The topological polar surface area (TPSA) is 115 Å². The van der Waals surface area contributed by atoms with Gasteiger partial charge in [-0.1, -0.05) is 47.4 Å². The molecule has 1 aliphatic rings. The number of benzene rings is 2. The van der Waals surface area contributed by atoms with Crippen molar-refractivity contribution >= 4 is 51.3 Å². The molecule has 0 saturated carbocycles. The number of Topliss-reactive ketones (excluding diaryl/α,β-unsaturated/α-hetero) is 1. The molecule has 5 rings (SSSR count). The number of aromatic nitrogens is 3. The summed E-state index contributed by atoms with van der Waals surface area (Å²) in [6.07, 6.45) is 0. The summed E-state index contributed by atoms with van der Waals surface area (Å²) < 4.78 is 26.2. The highest BCUT2D eigenvalue weighted by Crippen LogP contribution is 2.46. The zero-order valence-electron chi connectivity index (χ0n) is 23.2. The summed E-state index contributed by atoms with van der Waals surface area (Å²) in [4.78, 5) is 33.5. The molecule has 1 aliphatic heterocycles. The van der Waals surface area contributed by atoms with Gasteiger partial charge in [0.15, 0.2) is 21.6 Å². The Bertz CT molecular complexity index is 1690. The molecule has 1 unspecified atom stereocenters. The molecule has 3 heterocycles. The highest BCUT2D eigenvalue weighted by atomic mass is 32.2. The van der Waals surface area contributed by atoms with Crippen molar-refractivity contribution in [1.29, 1.82) is 0 Å². The molecule has 42 heavy (non-hydrogen) atoms. The van der Waals surface area contributed by atoms with Gasteiger partial charge in [0, 0.05) is 5.75 Å². The summed E-state index contributed by atoms with van der Waals surface area (Å²) in [5.41, 5.74) is 1.44. The largest absolute Gasteiger partial charge is 0.503 e. The number of halogens is 1. The lowest BCUT2D eigenvalue weighted by Gasteiger charge is -2.25. The number of carbonyl (C=O) groups excluding carboxylic acids is 2. The van der Waals surface area contributed by atoms with Gasteiger partial charge in [-0.2, -0.15) is 0 Å². The fourth-order valence-electron chi connectivity index (χ4n) is 4.57. The molecule has 0 aliphatic carbocycles. The summed E-state index contributed by atoms with van der Waals surface area (Å²) in [5, 5.41) is 20.5. The van der Waals surface area contributed by atoms with Gasteiger partial charge in [0.25, 0.3) is 5.91 Å². The monoisotopic (exact) mass is 626 g/mol. The van der Waals surface area contributed by atoms with E-state index in [-0.39, 0.29) is 16.5 Å². The van der Waals surface area contributed by atoms with E-state index in [0.29, 0.717) is 61.5 Å². The van der Waals surface area contributed by atoms with Crippen LogP contribution in [0, 0.1) is 19.7 Å². The Balaban J connectivity index is 1.56. The molecule has 1 N–H and O–H groups in total. The van der Waals surface area contributed by atoms with Gasteiger partial charge in [-0.05, 0) is 57.0 Å². The number of aryl methyl sites for hydroxylation is 2. The fraction of sp³-hybridized carbons (Fsp3) is 0.276. The Morgan fingerprint density at radius 2 is 1.81 bits per heavy atom. The zero-order chi connectivity index (χ0) is 30.0. The number of aliphatic hydroxyl groups excluding tert-OH is 1. The third-order valence-corrected chi connectivity index (χ3v) is 9.53. The number of ketones is 1. The number of rotatable bonds is 11. The third-order valence-electron chi connectivity index (χ3n) is 6.36. The van der Waals surface area contributed by atoms with E-state index in [9.17, 15) is 19.1 Å². The van der Waals surface area contributed by atoms with E-state index in [1.165, 1.54) is 34.1 Å². The summed E-state index contributed by atoms with van der Waals surface area (Å²) in [6.45, 7) is 7.98. The molecule has 4 aromatic rings. The molecule has 0 bridgehead atoms. The molecule has 1 atom stereocenters. The molecular weight excluding hydrogens is 600 g/mol. The number of thioether (sulfide) groups is 1. The first-order valence-corrected chi connectivity index (χ1v) is 15.7. The lowest BCUT2D eigenvalue weighted by molar-refractivity contribution is -0.117. The average molecular weight is 627 g/mol. The first-order valence-electron chi connectivity index (χ1n) is 13.1. The average Bonchev–Trinajstić information content (AvgIpc) is 3.64. The van der Waals surface area contributed by atoms with E-state index in [1.807, 2.05) is 13.8 Å². The predicted molar refractivity (Wildman–Crippen MR) is 160 cm³/mol. The molecule has 13 heteroatoms. The number of ether oxygens (including phenoxy) is 2. The van der Waals surface area contributed by atoms with Crippen molar-refractivity contribution in [3.8, 4) is 11.5 Å². The van der Waals surface area contributed by atoms with Crippen LogP contribution in [-0.2, 0) is 10.5 Å². The second-order valence-electron chi connectivity index (χ2n) is 9.12. The van der Waals surface area contributed by atoms with Gasteiger partial charge < -0.3 is 14.6 Å². The first kappa shape index (κ1) is 29.7. The van der Waals surface area contributed by atoms with E-state index in [0.717, 1.165) is 11.3 Å². The predicted octanol–water partition coefficient (Wildman–Crippen LogP) is 6.62. The maximum atomic E-state index is 14.1. The summed E-state index contributed by atoms with van der Waals surface area (Å²) in [7, 11) is 0. The molecule has 218 valence electrons. The first-order chi connectivity index (χ1) is 20.2. The Hall–Kier alpha value is -3.81. The summed E-state index contributed by atoms with van der Waals surface area (Å²) in [5.74, 6) is -1.01. The van der Waals surface area contributed by atoms with Gasteiger partial charge in [-0.25, -0.2) is 9.37 Å². The van der Waals surface area contributed by atoms with Gasteiger partial charge >= 0.3 is 0 Å². The Morgan fingerprint density at radius 1 is 1.07 bits per heavy atom. The third kappa shape index (κ3) is 5.76. The molecule has 0 spiro atoms. The highest BCUT2D eigenvalue weighted by Gasteiger charge is 2.47. The second-order valence-corrected chi connectivity index (χ2v) is 12.5. The maximum Gasteiger partial charge on any atom is 0.296 e. The zero-order valence-corrected chi connectivity index (χ0v) is 25.7. The lowest BCUT2D eigenvalue weighted by atomic mass is 9.95. The van der Waals surface area contributed by atoms with Crippen LogP contribution in [0.2, 0.25) is 0 Å². The number of hydrogen-bond acceptors (Lipinski definition) is 11. The van der Waals surface area contributed by atoms with Crippen molar-refractivity contribution in [2.75, 3.05) is 18.1 Å². The van der Waals surface area contributed by atoms with Crippen molar-refractivity contribution in [3.05, 3.63) is 86.3 Å². The van der Waals surface area contributed by atoms with Gasteiger partial charge in [-0.3, -0.25) is 14.5 Å². The lowest BCUT2D eigenvalue weighted by Crippen LogP contribution is -2.31. The maximum absolute atomic E-state index is 14.1. The van der Waals surface area contributed by atoms with Gasteiger partial charge in [0.2, 0.25) is 10.9 Å². The fourth-order valence-corrected chi connectivity index (χ4v) is 7.29. The van der Waals surface area contributed by atoms with Crippen LogP contribution in [0.3, 0.4) is 0 Å². The summed E-state index contributed by atoms with van der Waals surface area (Å²) >= 11 is 3.58.